The van der Waals surface area contributed by atoms with Crippen molar-refractivity contribution in [2.24, 2.45) is 11.7 Å². The van der Waals surface area contributed by atoms with Crippen LogP contribution in [0.3, 0.4) is 0 Å². The molecule has 4 N–H and O–H groups in total. The molecule has 1 atom stereocenters. The number of nitrogen functional groups attached to an aromatic ring is 1. The van der Waals surface area contributed by atoms with Gasteiger partial charge in [0, 0.05) is 35.8 Å². The van der Waals surface area contributed by atoms with E-state index in [1.165, 1.54) is 0 Å². The number of carbonyl (C=O) groups excluding carboxylic acids is 2. The Balaban J connectivity index is 1.71. The van der Waals surface area contributed by atoms with Gasteiger partial charge in [-0.15, -0.1) is 0 Å². The van der Waals surface area contributed by atoms with E-state index in [1.54, 1.807) is 6.07 Å². The lowest BCUT2D eigenvalue weighted by Crippen LogP contribution is -2.35. The number of anilines is 2. The van der Waals surface area contributed by atoms with Crippen LogP contribution in [-0.2, 0) is 16.0 Å². The normalized spacial score (nSPS) is 14.9. The summed E-state index contributed by atoms with van der Waals surface area (Å²) in [5.41, 5.74) is 9.92. The van der Waals surface area contributed by atoms with Crippen LogP contribution in [-0.4, -0.2) is 24.2 Å². The fourth-order valence-corrected chi connectivity index (χ4v) is 4.17. The summed E-state index contributed by atoms with van der Waals surface area (Å²) in [5, 5.41) is 10.7. The molecule has 1 aliphatic rings. The van der Waals surface area contributed by atoms with Crippen LogP contribution in [0, 0.1) is 18.3 Å². The lowest BCUT2D eigenvalue weighted by molar-refractivity contribution is -0.120. The van der Waals surface area contributed by atoms with Crippen molar-refractivity contribution in [1.29, 1.82) is 5.41 Å². The maximum absolute atomic E-state index is 13.0. The van der Waals surface area contributed by atoms with Crippen molar-refractivity contribution in [2.45, 2.75) is 52.4 Å². The Morgan fingerprint density at radius 3 is 2.71 bits per heavy atom. The van der Waals surface area contributed by atoms with E-state index in [-0.39, 0.29) is 23.6 Å². The number of hydrogen-bond acceptors (Lipinski definition) is 3. The first kappa shape index (κ1) is 22.5. The molecule has 1 heterocycles. The lowest BCUT2D eigenvalue weighted by atomic mass is 9.93. The topological polar surface area (TPSA) is 99.3 Å². The highest BCUT2D eigenvalue weighted by atomic mass is 16.2. The minimum absolute atomic E-state index is 0.0173. The summed E-state index contributed by atoms with van der Waals surface area (Å²) in [6, 6.07) is 13.3. The molecule has 0 saturated carbocycles. The number of aryl methyl sites for hydroxylation is 1. The first-order chi connectivity index (χ1) is 14.9. The van der Waals surface area contributed by atoms with E-state index in [0.717, 1.165) is 54.7 Å². The molecule has 2 aromatic rings. The van der Waals surface area contributed by atoms with E-state index in [2.05, 4.69) is 12.2 Å². The van der Waals surface area contributed by atoms with Crippen LogP contribution in [0.5, 0.6) is 0 Å². The quantitative estimate of drug-likeness (QED) is 0.436. The lowest BCUT2D eigenvalue weighted by Gasteiger charge is -2.28. The first-order valence-corrected chi connectivity index (χ1v) is 11.0. The molecule has 6 heteroatoms. The third-order valence-electron chi connectivity index (χ3n) is 5.81. The average molecular weight is 421 g/mol. The molecule has 1 fully saturated rings. The second-order valence-electron chi connectivity index (χ2n) is 8.30. The van der Waals surface area contributed by atoms with Gasteiger partial charge in [-0.3, -0.25) is 15.0 Å². The van der Waals surface area contributed by atoms with Crippen LogP contribution >= 0.6 is 0 Å². The van der Waals surface area contributed by atoms with Crippen LogP contribution in [0.1, 0.15) is 55.7 Å². The fraction of sp³-hybridized carbons (Fsp3) is 0.400. The predicted molar refractivity (Wildman–Crippen MR) is 126 cm³/mol. The first-order valence-electron chi connectivity index (χ1n) is 11.0. The highest BCUT2D eigenvalue weighted by Crippen LogP contribution is 2.27. The van der Waals surface area contributed by atoms with Crippen molar-refractivity contribution in [3.05, 3.63) is 59.2 Å². The number of amides is 2. The monoisotopic (exact) mass is 420 g/mol. The van der Waals surface area contributed by atoms with Gasteiger partial charge < -0.3 is 16.0 Å². The number of piperidine rings is 1. The number of carbonyl (C=O) groups is 2. The van der Waals surface area contributed by atoms with E-state index in [0.29, 0.717) is 18.4 Å². The van der Waals surface area contributed by atoms with E-state index in [4.69, 9.17) is 11.1 Å². The minimum Gasteiger partial charge on any atom is -0.384 e. The number of nitrogens with one attached hydrogen (secondary N) is 2. The third-order valence-corrected chi connectivity index (χ3v) is 5.81. The summed E-state index contributed by atoms with van der Waals surface area (Å²) in [7, 11) is 0. The largest absolute Gasteiger partial charge is 0.384 e. The molecular weight excluding hydrogens is 388 g/mol. The summed E-state index contributed by atoms with van der Waals surface area (Å²) in [6.07, 6.45) is 4.85. The van der Waals surface area contributed by atoms with Crippen LogP contribution < -0.4 is 16.0 Å². The maximum atomic E-state index is 13.0. The number of nitrogens with two attached hydrogens (primary N) is 1. The number of nitrogens with zero attached hydrogens (tertiary/aromatic N) is 1. The zero-order chi connectivity index (χ0) is 22.4. The molecule has 3 rings (SSSR count). The summed E-state index contributed by atoms with van der Waals surface area (Å²) < 4.78 is 0. The Bertz CT molecular complexity index is 970. The van der Waals surface area contributed by atoms with Crippen LogP contribution in [0.15, 0.2) is 42.5 Å². The van der Waals surface area contributed by atoms with Crippen molar-refractivity contribution in [3.63, 3.8) is 0 Å². The van der Waals surface area contributed by atoms with Gasteiger partial charge in [-0.25, -0.2) is 0 Å². The molecule has 0 spiro atoms. The van der Waals surface area contributed by atoms with Crippen LogP contribution in [0.25, 0.3) is 0 Å². The zero-order valence-electron chi connectivity index (χ0n) is 18.4. The highest BCUT2D eigenvalue weighted by Gasteiger charge is 2.22. The molecule has 0 aromatic heterocycles. The van der Waals surface area contributed by atoms with Gasteiger partial charge in [-0.05, 0) is 68.0 Å². The molecule has 0 bridgehead atoms. The minimum atomic E-state index is -0.170. The highest BCUT2D eigenvalue weighted by molar-refractivity contribution is 5.97. The van der Waals surface area contributed by atoms with Crippen molar-refractivity contribution in [2.75, 3.05) is 16.8 Å². The number of rotatable bonds is 8. The van der Waals surface area contributed by atoms with Gasteiger partial charge in [-0.1, -0.05) is 31.5 Å². The Labute approximate surface area is 184 Å². The Kier molecular flexibility index (Phi) is 7.45. The van der Waals surface area contributed by atoms with E-state index in [1.807, 2.05) is 48.2 Å². The van der Waals surface area contributed by atoms with Crippen molar-refractivity contribution >= 4 is 29.0 Å². The van der Waals surface area contributed by atoms with Gasteiger partial charge in [0.25, 0.3) is 0 Å². The zero-order valence-corrected chi connectivity index (χ0v) is 18.4. The maximum Gasteiger partial charge on any atom is 0.227 e. The van der Waals surface area contributed by atoms with Gasteiger partial charge in [-0.2, -0.15) is 0 Å². The standard InChI is InChI=1S/C25H32N4O2/c1-3-7-20(16-18-8-6-9-19(15-18)24(26)27)25(31)28-21-11-12-22(17(2)14-21)29-13-5-4-10-23(29)30/h6,8-9,11-12,14-15,20H,3-5,7,10,13,16H2,1-2H3,(H3,26,27)(H,28,31). The van der Waals surface area contributed by atoms with Gasteiger partial charge in [0.15, 0.2) is 0 Å². The third kappa shape index (κ3) is 5.72. The summed E-state index contributed by atoms with van der Waals surface area (Å²) >= 11 is 0. The van der Waals surface area contributed by atoms with E-state index in [9.17, 15) is 9.59 Å². The van der Waals surface area contributed by atoms with Gasteiger partial charge in [0.1, 0.15) is 5.84 Å². The molecule has 0 radical (unpaired) electrons. The summed E-state index contributed by atoms with van der Waals surface area (Å²) in [6.45, 7) is 4.80. The second kappa shape index (κ2) is 10.2. The number of amidine groups is 1. The molecule has 2 amide bonds. The molecule has 164 valence electrons. The van der Waals surface area contributed by atoms with E-state index >= 15 is 0 Å². The number of benzene rings is 2. The molecule has 0 aliphatic carbocycles. The number of hydrogen-bond donors (Lipinski definition) is 3. The smallest absolute Gasteiger partial charge is 0.227 e. The van der Waals surface area contributed by atoms with Gasteiger partial charge in [0.05, 0.1) is 0 Å². The molecule has 1 saturated heterocycles. The van der Waals surface area contributed by atoms with E-state index < -0.39 is 0 Å². The van der Waals surface area contributed by atoms with Crippen LogP contribution in [0.2, 0.25) is 0 Å². The van der Waals surface area contributed by atoms with Gasteiger partial charge in [0.2, 0.25) is 11.8 Å². The van der Waals surface area contributed by atoms with Crippen molar-refractivity contribution in [1.82, 2.24) is 0 Å². The van der Waals surface area contributed by atoms with Crippen LogP contribution in [0.4, 0.5) is 11.4 Å². The van der Waals surface area contributed by atoms with Crippen molar-refractivity contribution in [3.8, 4) is 0 Å². The Morgan fingerprint density at radius 1 is 1.23 bits per heavy atom. The average Bonchev–Trinajstić information content (AvgIpc) is 2.74. The molecular formula is C25H32N4O2. The van der Waals surface area contributed by atoms with Crippen molar-refractivity contribution < 1.29 is 9.59 Å². The second-order valence-corrected chi connectivity index (χ2v) is 8.30. The molecule has 6 nitrogen and oxygen atoms in total. The Hall–Kier alpha value is -3.15. The predicted octanol–water partition coefficient (Wildman–Crippen LogP) is 4.39. The molecule has 1 unspecified atom stereocenters. The SMILES string of the molecule is CCCC(Cc1cccc(C(=N)N)c1)C(=O)Nc1ccc(N2CCCCC2=O)c(C)c1. The summed E-state index contributed by atoms with van der Waals surface area (Å²) in [5.74, 6) is 0.00942. The fourth-order valence-electron chi connectivity index (χ4n) is 4.17. The molecule has 31 heavy (non-hydrogen) atoms. The van der Waals surface area contributed by atoms with Gasteiger partial charge >= 0.3 is 0 Å². The Morgan fingerprint density at radius 2 is 2.03 bits per heavy atom. The molecule has 1 aliphatic heterocycles. The summed E-state index contributed by atoms with van der Waals surface area (Å²) in [4.78, 5) is 27.1. The molecule has 2 aromatic carbocycles.